The number of fused-ring (bicyclic) bond motifs is 5. The van der Waals surface area contributed by atoms with Crippen molar-refractivity contribution in [3.63, 3.8) is 0 Å². The molecule has 7 atom stereocenters. The van der Waals surface area contributed by atoms with Gasteiger partial charge in [0.05, 0.1) is 18.6 Å². The van der Waals surface area contributed by atoms with Gasteiger partial charge in [0.1, 0.15) is 5.60 Å². The lowest BCUT2D eigenvalue weighted by Crippen LogP contribution is -2.67. The van der Waals surface area contributed by atoms with Crippen LogP contribution in [0.3, 0.4) is 0 Å². The molecule has 4 aliphatic rings. The number of ketones is 1. The Bertz CT molecular complexity index is 995. The number of carbonyl (C=O) groups is 2. The van der Waals surface area contributed by atoms with Gasteiger partial charge < -0.3 is 14.9 Å². The molecule has 4 aliphatic carbocycles. The van der Waals surface area contributed by atoms with Crippen molar-refractivity contribution in [3.8, 4) is 0 Å². The third-order valence-corrected chi connectivity index (χ3v) is 12.8. The van der Waals surface area contributed by atoms with Crippen LogP contribution in [0.25, 0.3) is 0 Å². The van der Waals surface area contributed by atoms with Crippen molar-refractivity contribution in [2.24, 2.45) is 38.4 Å². The van der Waals surface area contributed by atoms with E-state index >= 15 is 0 Å². The summed E-state index contributed by atoms with van der Waals surface area (Å²) in [6.45, 7) is 17.6. The van der Waals surface area contributed by atoms with Crippen LogP contribution >= 0.6 is 0 Å². The molecule has 0 radical (unpaired) electrons. The van der Waals surface area contributed by atoms with E-state index in [1.165, 1.54) is 12.7 Å². The average Bonchev–Trinajstić information content (AvgIpc) is 2.82. The highest BCUT2D eigenvalue weighted by Crippen LogP contribution is 2.72. The minimum Gasteiger partial charge on any atom is -0.469 e. The van der Waals surface area contributed by atoms with Crippen LogP contribution in [0.1, 0.15) is 120 Å². The smallest absolute Gasteiger partial charge is 0.311 e. The Kier molecular flexibility index (Phi) is 6.73. The van der Waals surface area contributed by atoms with Crippen molar-refractivity contribution in [1.29, 1.82) is 0 Å². The summed E-state index contributed by atoms with van der Waals surface area (Å²) in [5.74, 6) is -0.168. The van der Waals surface area contributed by atoms with Gasteiger partial charge in [0.25, 0.3) is 0 Å². The Morgan fingerprint density at radius 2 is 1.46 bits per heavy atom. The van der Waals surface area contributed by atoms with Crippen molar-refractivity contribution in [2.45, 2.75) is 131 Å². The van der Waals surface area contributed by atoms with E-state index in [0.29, 0.717) is 12.8 Å². The molecule has 0 saturated heterocycles. The number of hydrogen-bond acceptors (Lipinski definition) is 5. The number of carbonyl (C=O) groups excluding carboxylic acids is 2. The monoisotopic (exact) mass is 516 g/mol. The maximum absolute atomic E-state index is 14.2. The Labute approximate surface area is 224 Å². The zero-order valence-electron chi connectivity index (χ0n) is 24.9. The normalized spacial score (nSPS) is 47.5. The summed E-state index contributed by atoms with van der Waals surface area (Å²) in [6, 6.07) is 0. The number of esters is 1. The lowest BCUT2D eigenvalue weighted by Gasteiger charge is -2.68. The Balaban J connectivity index is 1.87. The molecular weight excluding hydrogens is 464 g/mol. The molecule has 2 N–H and O–H groups in total. The van der Waals surface area contributed by atoms with Crippen LogP contribution in [0.5, 0.6) is 0 Å². The van der Waals surface area contributed by atoms with E-state index < -0.39 is 16.4 Å². The van der Waals surface area contributed by atoms with Gasteiger partial charge in [0.2, 0.25) is 0 Å². The van der Waals surface area contributed by atoms with E-state index in [9.17, 15) is 19.8 Å². The molecule has 0 amide bonds. The first-order valence-corrected chi connectivity index (χ1v) is 14.6. The van der Waals surface area contributed by atoms with Gasteiger partial charge in [-0.15, -0.1) is 0 Å². The first-order chi connectivity index (χ1) is 16.8. The highest BCUT2D eigenvalue weighted by Gasteiger charge is 2.69. The minimum atomic E-state index is -1.54. The second kappa shape index (κ2) is 8.65. The quantitative estimate of drug-likeness (QED) is 0.394. The molecule has 3 fully saturated rings. The molecule has 5 heteroatoms. The molecule has 210 valence electrons. The van der Waals surface area contributed by atoms with E-state index in [4.69, 9.17) is 4.74 Å². The standard InChI is InChI=1S/C32H52O5/c1-26(2)14-16-28(5,25(35)37-9)17-19-32(36)24(34)20-22-29(6)12-11-23(33)27(3,4)21(29)10-13-30(22,7)31(32,8)18-15-26/h20-21,23,33,36H,10-19H2,1-9H3/t21-,23-,28-,29-,30+,31-,32+/m0/s1. The van der Waals surface area contributed by atoms with E-state index in [2.05, 4.69) is 48.5 Å². The van der Waals surface area contributed by atoms with Crippen LogP contribution in [-0.4, -0.2) is 40.8 Å². The van der Waals surface area contributed by atoms with Gasteiger partial charge in [0, 0.05) is 5.41 Å². The van der Waals surface area contributed by atoms with Crippen LogP contribution < -0.4 is 0 Å². The van der Waals surface area contributed by atoms with Gasteiger partial charge in [0.15, 0.2) is 5.78 Å². The molecule has 0 heterocycles. The minimum absolute atomic E-state index is 0.0324. The van der Waals surface area contributed by atoms with Gasteiger partial charge in [-0.05, 0) is 105 Å². The number of methoxy groups -OCH3 is 1. The molecule has 0 unspecified atom stereocenters. The third-order valence-electron chi connectivity index (χ3n) is 12.8. The number of ether oxygens (including phenoxy) is 1. The van der Waals surface area contributed by atoms with Crippen LogP contribution in [-0.2, 0) is 14.3 Å². The number of rotatable bonds is 1. The number of allylic oxidation sites excluding steroid dienone is 1. The maximum atomic E-state index is 14.2. The van der Waals surface area contributed by atoms with Gasteiger partial charge in [-0.1, -0.05) is 54.0 Å². The Morgan fingerprint density at radius 3 is 2.08 bits per heavy atom. The van der Waals surface area contributed by atoms with Crippen molar-refractivity contribution >= 4 is 11.8 Å². The fourth-order valence-corrected chi connectivity index (χ4v) is 9.36. The molecular formula is C32H52O5. The molecule has 5 nitrogen and oxygen atoms in total. The predicted molar refractivity (Wildman–Crippen MR) is 146 cm³/mol. The molecule has 0 aliphatic heterocycles. The molecule has 0 aromatic carbocycles. The zero-order valence-corrected chi connectivity index (χ0v) is 24.9. The van der Waals surface area contributed by atoms with Crippen molar-refractivity contribution in [1.82, 2.24) is 0 Å². The number of hydrogen-bond donors (Lipinski definition) is 2. The SMILES string of the molecule is COC(=O)[C@@]1(C)CCC(C)(C)CC[C@]2(C)[C@@](O)(CC1)C(=O)C=C1[C@@]3(C)CC[C@H](O)C(C)(C)[C@@H]3CC[C@]12C. The largest absolute Gasteiger partial charge is 0.469 e. The fourth-order valence-electron chi connectivity index (χ4n) is 9.36. The summed E-state index contributed by atoms with van der Waals surface area (Å²) in [4.78, 5) is 27.1. The Morgan fingerprint density at radius 1 is 0.865 bits per heavy atom. The number of aliphatic hydroxyl groups excluding tert-OH is 1. The summed E-state index contributed by atoms with van der Waals surface area (Å²) >= 11 is 0. The summed E-state index contributed by atoms with van der Waals surface area (Å²) in [7, 11) is 1.43. The van der Waals surface area contributed by atoms with E-state index in [1.807, 2.05) is 13.0 Å². The fraction of sp³-hybridized carbons (Fsp3) is 0.875. The first-order valence-electron chi connectivity index (χ1n) is 14.6. The number of aliphatic hydroxyl groups is 2. The zero-order chi connectivity index (χ0) is 27.9. The Hall–Kier alpha value is -1.20. The van der Waals surface area contributed by atoms with Crippen molar-refractivity contribution in [3.05, 3.63) is 11.6 Å². The van der Waals surface area contributed by atoms with Crippen molar-refractivity contribution in [2.75, 3.05) is 7.11 Å². The third kappa shape index (κ3) is 3.91. The summed E-state index contributed by atoms with van der Waals surface area (Å²) in [5.41, 5.74) is -2.56. The molecule has 3 saturated carbocycles. The molecule has 4 rings (SSSR count). The second-order valence-corrected chi connectivity index (χ2v) is 15.5. The van der Waals surface area contributed by atoms with Crippen molar-refractivity contribution < 1.29 is 24.5 Å². The van der Waals surface area contributed by atoms with E-state index in [1.54, 1.807) is 0 Å². The van der Waals surface area contributed by atoms with Crippen LogP contribution in [0.4, 0.5) is 0 Å². The van der Waals surface area contributed by atoms with Gasteiger partial charge in [-0.3, -0.25) is 9.59 Å². The van der Waals surface area contributed by atoms with Crippen LogP contribution in [0, 0.1) is 38.4 Å². The predicted octanol–water partition coefficient (Wildman–Crippen LogP) is 6.40. The maximum Gasteiger partial charge on any atom is 0.311 e. The average molecular weight is 517 g/mol. The van der Waals surface area contributed by atoms with E-state index in [-0.39, 0.29) is 51.9 Å². The topological polar surface area (TPSA) is 83.8 Å². The lowest BCUT2D eigenvalue weighted by molar-refractivity contribution is -0.193. The first kappa shape index (κ1) is 28.8. The second-order valence-electron chi connectivity index (χ2n) is 15.5. The highest BCUT2D eigenvalue weighted by atomic mass is 16.5. The van der Waals surface area contributed by atoms with Gasteiger partial charge in [-0.2, -0.15) is 0 Å². The summed E-state index contributed by atoms with van der Waals surface area (Å²) in [5, 5.41) is 23.5. The van der Waals surface area contributed by atoms with Crippen LogP contribution in [0.2, 0.25) is 0 Å². The van der Waals surface area contributed by atoms with Gasteiger partial charge in [-0.25, -0.2) is 0 Å². The molecule has 0 bridgehead atoms. The molecule has 0 aromatic rings. The summed E-state index contributed by atoms with van der Waals surface area (Å²) < 4.78 is 5.22. The van der Waals surface area contributed by atoms with E-state index in [0.717, 1.165) is 44.9 Å². The summed E-state index contributed by atoms with van der Waals surface area (Å²) in [6.07, 6.45) is 8.82. The lowest BCUT2D eigenvalue weighted by atomic mass is 9.36. The highest BCUT2D eigenvalue weighted by molar-refractivity contribution is 6.00. The molecule has 37 heavy (non-hydrogen) atoms. The van der Waals surface area contributed by atoms with Crippen LogP contribution in [0.15, 0.2) is 11.6 Å². The molecule has 0 spiro atoms. The molecule has 0 aromatic heterocycles. The van der Waals surface area contributed by atoms with Gasteiger partial charge >= 0.3 is 5.97 Å².